The lowest BCUT2D eigenvalue weighted by atomic mass is 9.74. The highest BCUT2D eigenvalue weighted by molar-refractivity contribution is 6.02. The van der Waals surface area contributed by atoms with Gasteiger partial charge < -0.3 is 19.7 Å². The van der Waals surface area contributed by atoms with Gasteiger partial charge in [0.25, 0.3) is 0 Å². The number of methoxy groups -OCH3 is 2. The van der Waals surface area contributed by atoms with E-state index in [-0.39, 0.29) is 5.57 Å². The molecule has 3 atom stereocenters. The molecule has 10 heteroatoms. The fraction of sp³-hybridized carbons (Fsp3) is 0.500. The van der Waals surface area contributed by atoms with E-state index in [0.29, 0.717) is 0 Å². The molecule has 0 spiro atoms. The molecule has 0 aromatic heterocycles. The molecule has 0 rings (SSSR count). The number of esters is 2. The Morgan fingerprint density at radius 1 is 1.12 bits per heavy atom. The lowest BCUT2D eigenvalue weighted by Crippen LogP contribution is -2.41. The number of nitrogens with zero attached hydrogens (tertiary/aromatic N) is 2. The second kappa shape index (κ2) is 9.18. The number of carboxylic acids is 2. The van der Waals surface area contributed by atoms with E-state index in [2.05, 4.69) is 9.47 Å². The third-order valence-corrected chi connectivity index (χ3v) is 4.10. The third kappa shape index (κ3) is 4.16. The summed E-state index contributed by atoms with van der Waals surface area (Å²) in [7, 11) is 1.88. The zero-order chi connectivity index (χ0) is 20.7. The summed E-state index contributed by atoms with van der Waals surface area (Å²) in [6, 6.07) is 3.28. The topological polar surface area (TPSA) is 175 Å². The summed E-state index contributed by atoms with van der Waals surface area (Å²) < 4.78 is 8.88. The Bertz CT molecular complexity index is 728. The molecule has 0 aromatic rings. The maximum absolute atomic E-state index is 12.0. The van der Waals surface area contributed by atoms with E-state index >= 15 is 0 Å². The van der Waals surface area contributed by atoms with Gasteiger partial charge in [-0.2, -0.15) is 10.5 Å². The van der Waals surface area contributed by atoms with Gasteiger partial charge in [0.2, 0.25) is 0 Å². The van der Waals surface area contributed by atoms with E-state index in [4.69, 9.17) is 5.26 Å². The zero-order valence-electron chi connectivity index (χ0n) is 14.6. The molecule has 3 unspecified atom stereocenters. The fourth-order valence-electron chi connectivity index (χ4n) is 2.37. The van der Waals surface area contributed by atoms with Gasteiger partial charge in [0.1, 0.15) is 0 Å². The van der Waals surface area contributed by atoms with Crippen LogP contribution in [0.25, 0.3) is 0 Å². The van der Waals surface area contributed by atoms with Gasteiger partial charge in [-0.05, 0) is 19.4 Å². The normalized spacial score (nSPS) is 15.8. The Kier molecular flexibility index (Phi) is 7.98. The molecule has 2 N–H and O–H groups in total. The van der Waals surface area contributed by atoms with Crippen LogP contribution in [0, 0.1) is 39.9 Å². The number of rotatable bonds is 8. The van der Waals surface area contributed by atoms with Crippen LogP contribution in [-0.2, 0) is 28.7 Å². The monoisotopic (exact) mass is 366 g/mol. The van der Waals surface area contributed by atoms with Crippen LogP contribution in [0.1, 0.15) is 20.3 Å². The number of ether oxygens (including phenoxy) is 2. The second-order valence-electron chi connectivity index (χ2n) is 5.38. The number of nitriles is 2. The van der Waals surface area contributed by atoms with Crippen LogP contribution < -0.4 is 0 Å². The summed E-state index contributed by atoms with van der Waals surface area (Å²) in [5, 5.41) is 37.2. The standard InChI is InChI=1S/C16H18N2O8/c1-8(16(2,14(22)23)15(24)26-4)10(7-18)9(5-6-17)11(12(19)20)13(21)25-3/h9,11H,5H2,1-4H3,(H,19,20)(H,22,23)/b10-8-. The van der Waals surface area contributed by atoms with Crippen LogP contribution in [0.15, 0.2) is 11.1 Å². The van der Waals surface area contributed by atoms with Crippen molar-refractivity contribution in [3.05, 3.63) is 11.1 Å². The Morgan fingerprint density at radius 2 is 1.65 bits per heavy atom. The van der Waals surface area contributed by atoms with Crippen molar-refractivity contribution < 1.29 is 38.9 Å². The van der Waals surface area contributed by atoms with Crippen molar-refractivity contribution in [2.45, 2.75) is 20.3 Å². The molecule has 140 valence electrons. The Hall–Kier alpha value is -3.40. The van der Waals surface area contributed by atoms with Gasteiger partial charge in [-0.25, -0.2) is 0 Å². The Labute approximate surface area is 149 Å². The van der Waals surface area contributed by atoms with Crippen LogP contribution in [-0.4, -0.2) is 48.3 Å². The first-order chi connectivity index (χ1) is 12.0. The highest BCUT2D eigenvalue weighted by atomic mass is 16.5. The molecule has 0 heterocycles. The predicted molar refractivity (Wildman–Crippen MR) is 82.9 cm³/mol. The molecule has 0 aliphatic rings. The Morgan fingerprint density at radius 3 is 1.96 bits per heavy atom. The van der Waals surface area contributed by atoms with Gasteiger partial charge in [0.15, 0.2) is 11.3 Å². The van der Waals surface area contributed by atoms with E-state index in [9.17, 15) is 34.7 Å². The number of carbonyl (C=O) groups is 4. The van der Waals surface area contributed by atoms with Crippen molar-refractivity contribution in [2.24, 2.45) is 17.3 Å². The number of hydrogen-bond acceptors (Lipinski definition) is 8. The first kappa shape index (κ1) is 22.6. The number of carbonyl (C=O) groups excluding carboxylic acids is 2. The van der Waals surface area contributed by atoms with Gasteiger partial charge in [0.05, 0.1) is 26.4 Å². The largest absolute Gasteiger partial charge is 0.481 e. The van der Waals surface area contributed by atoms with Crippen molar-refractivity contribution in [2.75, 3.05) is 14.2 Å². The highest BCUT2D eigenvalue weighted by Crippen LogP contribution is 2.37. The number of allylic oxidation sites excluding steroid dienone is 1. The molecule has 10 nitrogen and oxygen atoms in total. The average Bonchev–Trinajstić information content (AvgIpc) is 2.59. The van der Waals surface area contributed by atoms with Crippen LogP contribution in [0.4, 0.5) is 0 Å². The molecule has 0 saturated heterocycles. The maximum atomic E-state index is 12.0. The van der Waals surface area contributed by atoms with Crippen molar-refractivity contribution in [1.82, 2.24) is 0 Å². The van der Waals surface area contributed by atoms with Crippen LogP contribution in [0.5, 0.6) is 0 Å². The van der Waals surface area contributed by atoms with Crippen molar-refractivity contribution >= 4 is 23.9 Å². The van der Waals surface area contributed by atoms with Crippen LogP contribution >= 0.6 is 0 Å². The summed E-state index contributed by atoms with van der Waals surface area (Å²) >= 11 is 0. The van der Waals surface area contributed by atoms with E-state index in [1.807, 2.05) is 0 Å². The average molecular weight is 366 g/mol. The maximum Gasteiger partial charge on any atom is 0.327 e. The van der Waals surface area contributed by atoms with Gasteiger partial charge >= 0.3 is 23.9 Å². The third-order valence-electron chi connectivity index (χ3n) is 4.10. The SMILES string of the molecule is COC(=O)C(C(=O)O)C(CC#N)/C(C#N)=C(/C)C(C)(C(=O)O)C(=O)OC. The number of carboxylic acid groups (broad SMARTS) is 2. The first-order valence-electron chi connectivity index (χ1n) is 7.15. The van der Waals surface area contributed by atoms with E-state index in [0.717, 1.165) is 28.1 Å². The summed E-state index contributed by atoms with van der Waals surface area (Å²) in [5.74, 6) is -9.16. The van der Waals surface area contributed by atoms with Crippen molar-refractivity contribution in [3.8, 4) is 12.1 Å². The van der Waals surface area contributed by atoms with Gasteiger partial charge in [-0.1, -0.05) is 0 Å². The molecule has 0 aliphatic heterocycles. The molecular weight excluding hydrogens is 348 g/mol. The fourth-order valence-corrected chi connectivity index (χ4v) is 2.37. The van der Waals surface area contributed by atoms with E-state index in [1.54, 1.807) is 12.1 Å². The minimum Gasteiger partial charge on any atom is -0.481 e. The summed E-state index contributed by atoms with van der Waals surface area (Å²) in [6.07, 6.45) is -0.594. The van der Waals surface area contributed by atoms with Gasteiger partial charge in [0, 0.05) is 17.9 Å². The minimum atomic E-state index is -2.31. The molecule has 0 fully saturated rings. The van der Waals surface area contributed by atoms with Crippen LogP contribution in [0.3, 0.4) is 0 Å². The number of hydrogen-bond donors (Lipinski definition) is 2. The summed E-state index contributed by atoms with van der Waals surface area (Å²) in [5.41, 5.74) is -3.14. The summed E-state index contributed by atoms with van der Waals surface area (Å²) in [4.78, 5) is 46.9. The molecular formula is C16H18N2O8. The molecule has 0 saturated carbocycles. The Balaban J connectivity index is 6.74. The molecule has 0 aliphatic carbocycles. The molecule has 26 heavy (non-hydrogen) atoms. The molecule has 0 amide bonds. The van der Waals surface area contributed by atoms with E-state index in [1.165, 1.54) is 0 Å². The quantitative estimate of drug-likeness (QED) is 0.349. The highest BCUT2D eigenvalue weighted by Gasteiger charge is 2.48. The lowest BCUT2D eigenvalue weighted by Gasteiger charge is -2.27. The lowest BCUT2D eigenvalue weighted by molar-refractivity contribution is -0.162. The van der Waals surface area contributed by atoms with Crippen molar-refractivity contribution in [3.63, 3.8) is 0 Å². The molecule has 0 aromatic carbocycles. The number of aliphatic carboxylic acids is 2. The second-order valence-corrected chi connectivity index (χ2v) is 5.38. The van der Waals surface area contributed by atoms with Crippen LogP contribution in [0.2, 0.25) is 0 Å². The summed E-state index contributed by atoms with van der Waals surface area (Å²) in [6.45, 7) is 2.11. The van der Waals surface area contributed by atoms with E-state index < -0.39 is 53.1 Å². The molecule has 0 radical (unpaired) electrons. The zero-order valence-corrected chi connectivity index (χ0v) is 14.6. The first-order valence-corrected chi connectivity index (χ1v) is 7.15. The van der Waals surface area contributed by atoms with Gasteiger partial charge in [-0.15, -0.1) is 0 Å². The molecule has 0 bridgehead atoms. The van der Waals surface area contributed by atoms with Crippen molar-refractivity contribution in [1.29, 1.82) is 10.5 Å². The minimum absolute atomic E-state index is 0.338. The predicted octanol–water partition coefficient (Wildman–Crippen LogP) is 0.494. The smallest absolute Gasteiger partial charge is 0.327 e. The van der Waals surface area contributed by atoms with Gasteiger partial charge in [-0.3, -0.25) is 19.2 Å².